The predicted octanol–water partition coefficient (Wildman–Crippen LogP) is 1.89. The summed E-state index contributed by atoms with van der Waals surface area (Å²) in [5.41, 5.74) is 0.391. The molecular weight excluding hydrogens is 398 g/mol. The van der Waals surface area contributed by atoms with Crippen LogP contribution < -0.4 is 10.0 Å². The van der Waals surface area contributed by atoms with Crippen LogP contribution in [0.1, 0.15) is 33.9 Å². The Kier molecular flexibility index (Phi) is 6.22. The van der Waals surface area contributed by atoms with E-state index in [1.807, 2.05) is 31.5 Å². The van der Waals surface area contributed by atoms with E-state index in [4.69, 9.17) is 0 Å². The molecule has 0 aliphatic rings. The van der Waals surface area contributed by atoms with E-state index in [0.29, 0.717) is 12.1 Å². The fourth-order valence-electron chi connectivity index (χ4n) is 2.63. The monoisotopic (exact) mass is 419 g/mol. The van der Waals surface area contributed by atoms with Crippen LogP contribution in [0.2, 0.25) is 0 Å². The molecule has 0 aliphatic heterocycles. The fraction of sp³-hybridized carbons (Fsp3) is 0.278. The highest BCUT2D eigenvalue weighted by Gasteiger charge is 2.16. The van der Waals surface area contributed by atoms with E-state index >= 15 is 0 Å². The Hall–Kier alpha value is -2.56. The molecule has 1 atom stereocenters. The molecule has 2 heterocycles. The second kappa shape index (κ2) is 8.63. The lowest BCUT2D eigenvalue weighted by Gasteiger charge is -2.12. The number of hydrogen-bond donors (Lipinski definition) is 2. The molecule has 8 nitrogen and oxygen atoms in total. The molecule has 148 valence electrons. The summed E-state index contributed by atoms with van der Waals surface area (Å²) in [6.45, 7) is 2.58. The van der Waals surface area contributed by atoms with E-state index in [1.165, 1.54) is 35.6 Å². The van der Waals surface area contributed by atoms with Crippen LogP contribution in [0.4, 0.5) is 0 Å². The van der Waals surface area contributed by atoms with Gasteiger partial charge in [0.25, 0.3) is 5.91 Å². The number of nitrogens with one attached hydrogen (secondary N) is 2. The van der Waals surface area contributed by atoms with E-state index in [1.54, 1.807) is 10.9 Å². The molecule has 0 bridgehead atoms. The van der Waals surface area contributed by atoms with Gasteiger partial charge >= 0.3 is 0 Å². The number of benzene rings is 1. The highest BCUT2D eigenvalue weighted by Crippen LogP contribution is 2.14. The summed E-state index contributed by atoms with van der Waals surface area (Å²) in [6.07, 6.45) is 1.61. The molecule has 10 heteroatoms. The van der Waals surface area contributed by atoms with E-state index in [2.05, 4.69) is 20.2 Å². The molecule has 3 rings (SSSR count). The first kappa shape index (κ1) is 20.2. The van der Waals surface area contributed by atoms with E-state index in [0.717, 1.165) is 10.7 Å². The molecule has 0 fully saturated rings. The Morgan fingerprint density at radius 3 is 2.61 bits per heavy atom. The molecule has 2 aromatic heterocycles. The highest BCUT2D eigenvalue weighted by atomic mass is 32.2. The molecule has 3 aromatic rings. The molecule has 1 unspecified atom stereocenters. The quantitative estimate of drug-likeness (QED) is 0.580. The van der Waals surface area contributed by atoms with Gasteiger partial charge in [-0.1, -0.05) is 13.0 Å². The van der Waals surface area contributed by atoms with E-state index in [-0.39, 0.29) is 23.3 Å². The van der Waals surface area contributed by atoms with Crippen LogP contribution in [0.25, 0.3) is 0 Å². The SMILES string of the molecule is CC(CNC(=O)c1ccc(S(=O)(=O)NCc2cccs2)cc1)c1nncn1C. The number of aryl methyl sites for hydroxylation is 1. The zero-order valence-corrected chi connectivity index (χ0v) is 17.1. The first-order chi connectivity index (χ1) is 13.4. The van der Waals surface area contributed by atoms with Crippen LogP contribution in [-0.2, 0) is 23.6 Å². The lowest BCUT2D eigenvalue weighted by atomic mass is 10.1. The second-order valence-electron chi connectivity index (χ2n) is 6.34. The predicted molar refractivity (Wildman–Crippen MR) is 107 cm³/mol. The zero-order valence-electron chi connectivity index (χ0n) is 15.5. The minimum absolute atomic E-state index is 0.00227. The number of carbonyl (C=O) groups excluding carboxylic acids is 1. The zero-order chi connectivity index (χ0) is 20.1. The Morgan fingerprint density at radius 2 is 2.00 bits per heavy atom. The Balaban J connectivity index is 1.58. The minimum atomic E-state index is -3.63. The first-order valence-electron chi connectivity index (χ1n) is 8.61. The van der Waals surface area contributed by atoms with Gasteiger partial charge in [-0.3, -0.25) is 4.79 Å². The normalized spacial score (nSPS) is 12.6. The van der Waals surface area contributed by atoms with Crippen molar-refractivity contribution >= 4 is 27.3 Å². The molecule has 0 aliphatic carbocycles. The Bertz CT molecular complexity index is 1030. The van der Waals surface area contributed by atoms with Crippen LogP contribution >= 0.6 is 11.3 Å². The third-order valence-electron chi connectivity index (χ3n) is 4.20. The van der Waals surface area contributed by atoms with Crippen LogP contribution in [0.3, 0.4) is 0 Å². The van der Waals surface area contributed by atoms with E-state index in [9.17, 15) is 13.2 Å². The Morgan fingerprint density at radius 1 is 1.25 bits per heavy atom. The maximum Gasteiger partial charge on any atom is 0.251 e. The van der Waals surface area contributed by atoms with Gasteiger partial charge in [0.1, 0.15) is 12.2 Å². The first-order valence-corrected chi connectivity index (χ1v) is 11.0. The number of hydrogen-bond acceptors (Lipinski definition) is 6. The van der Waals surface area contributed by atoms with Crippen LogP contribution in [0.5, 0.6) is 0 Å². The van der Waals surface area contributed by atoms with Crippen molar-refractivity contribution in [3.8, 4) is 0 Å². The summed E-state index contributed by atoms with van der Waals surface area (Å²) in [4.78, 5) is 13.4. The maximum absolute atomic E-state index is 12.4. The summed E-state index contributed by atoms with van der Waals surface area (Å²) in [6, 6.07) is 9.59. The lowest BCUT2D eigenvalue weighted by Crippen LogP contribution is -2.28. The van der Waals surface area contributed by atoms with Crippen LogP contribution in [0.15, 0.2) is 53.0 Å². The maximum atomic E-state index is 12.4. The average molecular weight is 420 g/mol. The summed E-state index contributed by atoms with van der Waals surface area (Å²) in [5.74, 6) is 0.501. The molecule has 0 saturated carbocycles. The number of sulfonamides is 1. The van der Waals surface area contributed by atoms with E-state index < -0.39 is 10.0 Å². The molecule has 0 radical (unpaired) electrons. The minimum Gasteiger partial charge on any atom is -0.351 e. The molecule has 2 N–H and O–H groups in total. The number of amides is 1. The van der Waals surface area contributed by atoms with Crippen molar-refractivity contribution in [2.45, 2.75) is 24.3 Å². The van der Waals surface area contributed by atoms with Gasteiger partial charge in [-0.2, -0.15) is 0 Å². The molecule has 0 spiro atoms. The van der Waals surface area contributed by atoms with Gasteiger partial charge in [-0.05, 0) is 35.7 Å². The fourth-order valence-corrected chi connectivity index (χ4v) is 4.37. The largest absolute Gasteiger partial charge is 0.351 e. The summed E-state index contributed by atoms with van der Waals surface area (Å²) >= 11 is 1.48. The van der Waals surface area contributed by atoms with Crippen molar-refractivity contribution in [2.75, 3.05) is 6.54 Å². The van der Waals surface area contributed by atoms with Crippen molar-refractivity contribution in [3.63, 3.8) is 0 Å². The summed E-state index contributed by atoms with van der Waals surface area (Å²) in [7, 11) is -1.79. The number of aromatic nitrogens is 3. The van der Waals surface area contributed by atoms with Crippen molar-refractivity contribution in [2.24, 2.45) is 7.05 Å². The molecule has 1 amide bonds. The summed E-state index contributed by atoms with van der Waals surface area (Å²) in [5, 5.41) is 12.6. The molecular formula is C18H21N5O3S2. The van der Waals surface area contributed by atoms with Gasteiger partial charge in [0.05, 0.1) is 4.90 Å². The number of rotatable bonds is 8. The second-order valence-corrected chi connectivity index (χ2v) is 9.14. The topological polar surface area (TPSA) is 106 Å². The number of thiophene rings is 1. The van der Waals surface area contributed by atoms with Crippen LogP contribution in [-0.4, -0.2) is 35.6 Å². The van der Waals surface area contributed by atoms with Crippen molar-refractivity contribution in [1.29, 1.82) is 0 Å². The number of nitrogens with zero attached hydrogens (tertiary/aromatic N) is 3. The van der Waals surface area contributed by atoms with Crippen molar-refractivity contribution < 1.29 is 13.2 Å². The smallest absolute Gasteiger partial charge is 0.251 e. The summed E-state index contributed by atoms with van der Waals surface area (Å²) < 4.78 is 29.1. The van der Waals surface area contributed by atoms with Crippen molar-refractivity contribution in [3.05, 3.63) is 64.4 Å². The van der Waals surface area contributed by atoms with Gasteiger partial charge in [-0.15, -0.1) is 21.5 Å². The molecule has 0 saturated heterocycles. The van der Waals surface area contributed by atoms with Gasteiger partial charge in [0.15, 0.2) is 0 Å². The third-order valence-corrected chi connectivity index (χ3v) is 6.49. The highest BCUT2D eigenvalue weighted by molar-refractivity contribution is 7.89. The van der Waals surface area contributed by atoms with Gasteiger partial charge in [-0.25, -0.2) is 13.1 Å². The van der Waals surface area contributed by atoms with Crippen LogP contribution in [0, 0.1) is 0 Å². The Labute approximate surface area is 167 Å². The third kappa shape index (κ3) is 4.83. The van der Waals surface area contributed by atoms with Gasteiger partial charge in [0, 0.05) is 36.5 Å². The number of carbonyl (C=O) groups is 1. The lowest BCUT2D eigenvalue weighted by molar-refractivity contribution is 0.0951. The standard InChI is InChI=1S/C18H21N5O3S2/c1-13(17-22-20-12-23(17)2)10-19-18(24)14-5-7-16(8-6-14)28(25,26)21-11-15-4-3-9-27-15/h3-9,12-13,21H,10-11H2,1-2H3,(H,19,24). The molecule has 28 heavy (non-hydrogen) atoms. The molecule has 1 aromatic carbocycles. The average Bonchev–Trinajstić information content (AvgIpc) is 3.36. The van der Waals surface area contributed by atoms with Gasteiger partial charge < -0.3 is 9.88 Å². The van der Waals surface area contributed by atoms with Crippen molar-refractivity contribution in [1.82, 2.24) is 24.8 Å². The van der Waals surface area contributed by atoms with Gasteiger partial charge in [0.2, 0.25) is 10.0 Å².